The van der Waals surface area contributed by atoms with E-state index in [0.29, 0.717) is 6.54 Å². The van der Waals surface area contributed by atoms with E-state index in [1.807, 2.05) is 0 Å². The van der Waals surface area contributed by atoms with Gasteiger partial charge in [0.25, 0.3) is 0 Å². The first-order chi connectivity index (χ1) is 5.00. The van der Waals surface area contributed by atoms with E-state index in [4.69, 9.17) is 11.6 Å². The Balaban J connectivity index is 2.46. The summed E-state index contributed by atoms with van der Waals surface area (Å²) in [5.74, 6) is -1.22. The van der Waals surface area contributed by atoms with Gasteiger partial charge in [-0.15, -0.1) is 11.6 Å². The van der Waals surface area contributed by atoms with Crippen LogP contribution >= 0.6 is 11.6 Å². The number of hydrogen-bond donors (Lipinski definition) is 1. The van der Waals surface area contributed by atoms with Crippen molar-refractivity contribution in [3.05, 3.63) is 0 Å². The van der Waals surface area contributed by atoms with Gasteiger partial charge in [0.15, 0.2) is 0 Å². The highest BCUT2D eigenvalue weighted by molar-refractivity contribution is 6.20. The minimum Gasteiger partial charge on any atom is -0.301 e. The first-order valence-electron chi connectivity index (χ1n) is 3.44. The molecule has 0 aromatic carbocycles. The second-order valence-electron chi connectivity index (χ2n) is 2.68. The Bertz CT molecular complexity index is 136. The predicted octanol–water partition coefficient (Wildman–Crippen LogP) is 2.11. The van der Waals surface area contributed by atoms with E-state index in [-0.39, 0.29) is 12.8 Å². The zero-order chi connectivity index (χ0) is 8.48. The summed E-state index contributed by atoms with van der Waals surface area (Å²) in [6.45, 7) is 0.359. The van der Waals surface area contributed by atoms with E-state index in [1.54, 1.807) is 0 Å². The number of hydrogen-bond acceptors (Lipinski definition) is 1. The summed E-state index contributed by atoms with van der Waals surface area (Å²) in [6.07, 6.45) is -3.94. The zero-order valence-corrected chi connectivity index (χ0v) is 6.54. The summed E-state index contributed by atoms with van der Waals surface area (Å²) in [6, 6.07) is 0. The second-order valence-corrected chi connectivity index (χ2v) is 3.21. The van der Waals surface area contributed by atoms with Gasteiger partial charge in [0.2, 0.25) is 0 Å². The Hall–Kier alpha value is 0.0400. The maximum atomic E-state index is 12.0. The molecule has 0 aliphatic carbocycles. The minimum atomic E-state index is -4.07. The summed E-state index contributed by atoms with van der Waals surface area (Å²) in [4.78, 5) is 0. The van der Waals surface area contributed by atoms with Gasteiger partial charge in [-0.25, -0.2) is 0 Å². The Morgan fingerprint density at radius 1 is 1.36 bits per heavy atom. The lowest BCUT2D eigenvalue weighted by Gasteiger charge is -2.28. The van der Waals surface area contributed by atoms with Crippen molar-refractivity contribution < 1.29 is 13.2 Å². The highest BCUT2D eigenvalue weighted by atomic mass is 35.5. The van der Waals surface area contributed by atoms with Crippen molar-refractivity contribution in [3.63, 3.8) is 0 Å². The fourth-order valence-corrected chi connectivity index (χ4v) is 1.49. The molecule has 0 spiro atoms. The molecular weight excluding hydrogens is 179 g/mol. The lowest BCUT2D eigenvalue weighted by Crippen LogP contribution is -2.39. The molecule has 2 atom stereocenters. The minimum absolute atomic E-state index is 0.00887. The fourth-order valence-electron chi connectivity index (χ4n) is 1.16. The summed E-state index contributed by atoms with van der Waals surface area (Å²) < 4.78 is 36.1. The average molecular weight is 188 g/mol. The summed E-state index contributed by atoms with van der Waals surface area (Å²) in [5.41, 5.74) is -0.518. The molecule has 0 radical (unpaired) electrons. The first-order valence-corrected chi connectivity index (χ1v) is 3.88. The molecule has 1 nitrogen and oxygen atoms in total. The Labute approximate surface area is 67.9 Å². The van der Waals surface area contributed by atoms with Crippen molar-refractivity contribution in [2.45, 2.75) is 24.5 Å². The molecule has 1 rings (SSSR count). The third kappa shape index (κ3) is 2.52. The quantitative estimate of drug-likeness (QED) is 0.453. The summed E-state index contributed by atoms with van der Waals surface area (Å²) in [7, 11) is 0. The monoisotopic (exact) mass is 187 g/mol. The van der Waals surface area contributed by atoms with Crippen LogP contribution in [0.2, 0.25) is 0 Å². The lowest BCUT2D eigenvalue weighted by atomic mass is 9.98. The maximum absolute atomic E-state index is 12.0. The van der Waals surface area contributed by atoms with Crippen LogP contribution in [0, 0.1) is 5.92 Å². The van der Waals surface area contributed by atoms with Crippen LogP contribution in [0.3, 0.4) is 0 Å². The lowest BCUT2D eigenvalue weighted by molar-refractivity contribution is -0.181. The third-order valence-corrected chi connectivity index (χ3v) is 2.15. The van der Waals surface area contributed by atoms with E-state index in [0.717, 1.165) is 0 Å². The summed E-state index contributed by atoms with van der Waals surface area (Å²) >= 11 is 5.51. The number of alkyl halides is 4. The normalized spacial score (nSPS) is 33.8. The van der Waals surface area contributed by atoms with Crippen molar-refractivity contribution in [2.75, 3.05) is 6.54 Å². The largest absolute Gasteiger partial charge is 0.391 e. The van der Waals surface area contributed by atoms with Gasteiger partial charge in [-0.3, -0.25) is 0 Å². The van der Waals surface area contributed by atoms with Crippen LogP contribution in [0.15, 0.2) is 0 Å². The maximum Gasteiger partial charge on any atom is 0.391 e. The summed E-state index contributed by atoms with van der Waals surface area (Å²) in [5, 5.41) is 2.75. The van der Waals surface area contributed by atoms with Gasteiger partial charge in [-0.1, -0.05) is 0 Å². The molecule has 11 heavy (non-hydrogen) atoms. The van der Waals surface area contributed by atoms with Gasteiger partial charge in [0, 0.05) is 0 Å². The van der Waals surface area contributed by atoms with Gasteiger partial charge in [0.05, 0.1) is 11.4 Å². The second kappa shape index (κ2) is 3.19. The van der Waals surface area contributed by atoms with Crippen molar-refractivity contribution >= 4 is 11.6 Å². The van der Waals surface area contributed by atoms with E-state index in [1.165, 1.54) is 0 Å². The predicted molar refractivity (Wildman–Crippen MR) is 36.4 cm³/mol. The molecule has 0 amide bonds. The van der Waals surface area contributed by atoms with Crippen LogP contribution in [0.1, 0.15) is 12.8 Å². The van der Waals surface area contributed by atoms with Crippen LogP contribution < -0.4 is 5.32 Å². The third-order valence-electron chi connectivity index (χ3n) is 1.81. The molecule has 1 heterocycles. The van der Waals surface area contributed by atoms with Crippen molar-refractivity contribution in [1.82, 2.24) is 5.32 Å². The molecule has 5 heteroatoms. The van der Waals surface area contributed by atoms with Crippen LogP contribution in [-0.2, 0) is 0 Å². The highest BCUT2D eigenvalue weighted by Gasteiger charge is 2.41. The molecule has 1 aliphatic rings. The van der Waals surface area contributed by atoms with Crippen LogP contribution in [0.25, 0.3) is 0 Å². The molecular formula is C6H9ClF3N. The van der Waals surface area contributed by atoms with Gasteiger partial charge >= 0.3 is 6.18 Å². The number of halogens is 4. The van der Waals surface area contributed by atoms with E-state index in [9.17, 15) is 13.2 Å². The first kappa shape index (κ1) is 9.13. The molecule has 1 aliphatic heterocycles. The molecule has 0 bridgehead atoms. The average Bonchev–Trinajstić information content (AvgIpc) is 1.86. The van der Waals surface area contributed by atoms with E-state index < -0.39 is 17.6 Å². The zero-order valence-electron chi connectivity index (χ0n) is 5.79. The SMILES string of the molecule is FC(F)(F)C1CCNC(Cl)C1. The smallest absolute Gasteiger partial charge is 0.301 e. The molecule has 0 aromatic heterocycles. The number of rotatable bonds is 0. The van der Waals surface area contributed by atoms with Crippen LogP contribution in [-0.4, -0.2) is 18.2 Å². The molecule has 1 fully saturated rings. The van der Waals surface area contributed by atoms with Crippen LogP contribution in [0.4, 0.5) is 13.2 Å². The van der Waals surface area contributed by atoms with Crippen molar-refractivity contribution in [2.24, 2.45) is 5.92 Å². The highest BCUT2D eigenvalue weighted by Crippen LogP contribution is 2.34. The van der Waals surface area contributed by atoms with E-state index in [2.05, 4.69) is 5.32 Å². The number of nitrogens with one attached hydrogen (secondary N) is 1. The Kier molecular flexibility index (Phi) is 2.65. The molecule has 0 aromatic rings. The van der Waals surface area contributed by atoms with Crippen molar-refractivity contribution in [3.8, 4) is 0 Å². The van der Waals surface area contributed by atoms with Gasteiger partial charge in [0.1, 0.15) is 0 Å². The van der Waals surface area contributed by atoms with Crippen molar-refractivity contribution in [1.29, 1.82) is 0 Å². The Morgan fingerprint density at radius 3 is 2.36 bits per heavy atom. The molecule has 1 N–H and O–H groups in total. The van der Waals surface area contributed by atoms with Crippen LogP contribution in [0.5, 0.6) is 0 Å². The van der Waals surface area contributed by atoms with Gasteiger partial charge < -0.3 is 5.32 Å². The molecule has 66 valence electrons. The fraction of sp³-hybridized carbons (Fsp3) is 1.00. The Morgan fingerprint density at radius 2 is 2.00 bits per heavy atom. The molecule has 2 unspecified atom stereocenters. The topological polar surface area (TPSA) is 12.0 Å². The van der Waals surface area contributed by atoms with E-state index >= 15 is 0 Å². The standard InChI is InChI=1S/C6H9ClF3N/c7-5-3-4(1-2-11-5)6(8,9)10/h4-5,11H,1-3H2. The number of piperidine rings is 1. The molecule has 1 saturated heterocycles. The van der Waals surface area contributed by atoms with Gasteiger partial charge in [-0.2, -0.15) is 13.2 Å². The molecule has 0 saturated carbocycles. The van der Waals surface area contributed by atoms with Gasteiger partial charge in [-0.05, 0) is 19.4 Å².